The first-order valence-electron chi connectivity index (χ1n) is 9.65. The van der Waals surface area contributed by atoms with Crippen molar-refractivity contribution in [3.8, 4) is 11.1 Å². The molecule has 0 saturated carbocycles. The van der Waals surface area contributed by atoms with Crippen LogP contribution in [0.25, 0.3) is 22.2 Å². The first kappa shape index (κ1) is 18.6. The van der Waals surface area contributed by atoms with Crippen LogP contribution in [-0.4, -0.2) is 19.9 Å². The molecule has 8 nitrogen and oxygen atoms in total. The van der Waals surface area contributed by atoms with E-state index < -0.39 is 5.76 Å². The minimum atomic E-state index is -0.480. The van der Waals surface area contributed by atoms with Gasteiger partial charge in [0.15, 0.2) is 5.58 Å². The molecule has 5 rings (SSSR count). The molecule has 0 saturated heterocycles. The van der Waals surface area contributed by atoms with Crippen LogP contribution in [0.5, 0.6) is 0 Å². The molecule has 3 N–H and O–H groups in total. The molecule has 0 amide bonds. The zero-order valence-corrected chi connectivity index (χ0v) is 16.6. The summed E-state index contributed by atoms with van der Waals surface area (Å²) in [6.07, 6.45) is 5.34. The average molecular weight is 410 g/mol. The van der Waals surface area contributed by atoms with E-state index in [9.17, 15) is 4.79 Å². The fourth-order valence-electron chi connectivity index (χ4n) is 3.20. The highest BCUT2D eigenvalue weighted by molar-refractivity contribution is 5.78. The van der Waals surface area contributed by atoms with E-state index in [2.05, 4.69) is 30.6 Å². The number of aromatic nitrogens is 4. The summed E-state index contributed by atoms with van der Waals surface area (Å²) in [5, 5.41) is 6.50. The maximum atomic E-state index is 11.4. The normalized spacial score (nSPS) is 10.9. The summed E-state index contributed by atoms with van der Waals surface area (Å²) in [5.74, 6) is 0.654. The molecule has 0 bridgehead atoms. The Balaban J connectivity index is 1.36. The Hall–Kier alpha value is -4.46. The molecular formula is C23H18N6O2. The van der Waals surface area contributed by atoms with Crippen LogP contribution in [0.1, 0.15) is 5.56 Å². The summed E-state index contributed by atoms with van der Waals surface area (Å²) >= 11 is 0. The van der Waals surface area contributed by atoms with Crippen LogP contribution in [0.4, 0.5) is 23.1 Å². The molecule has 0 aliphatic carbocycles. The molecule has 0 radical (unpaired) electrons. The van der Waals surface area contributed by atoms with E-state index >= 15 is 0 Å². The molecule has 0 atom stereocenters. The lowest BCUT2D eigenvalue weighted by Crippen LogP contribution is -2.02. The summed E-state index contributed by atoms with van der Waals surface area (Å²) in [5.41, 5.74) is 5.80. The number of anilines is 4. The third kappa shape index (κ3) is 3.99. The molecular weight excluding hydrogens is 392 g/mol. The number of benzene rings is 2. The van der Waals surface area contributed by atoms with Gasteiger partial charge in [-0.05, 0) is 54.4 Å². The number of rotatable bonds is 5. The quantitative estimate of drug-likeness (QED) is 0.383. The van der Waals surface area contributed by atoms with Crippen LogP contribution in [0, 0.1) is 6.92 Å². The smallest absolute Gasteiger partial charge is 0.408 e. The van der Waals surface area contributed by atoms with Crippen LogP contribution >= 0.6 is 0 Å². The second-order valence-electron chi connectivity index (χ2n) is 7.02. The summed E-state index contributed by atoms with van der Waals surface area (Å²) in [6.45, 7) is 1.92. The third-order valence-corrected chi connectivity index (χ3v) is 4.79. The number of nitrogens with one attached hydrogen (secondary N) is 3. The molecule has 31 heavy (non-hydrogen) atoms. The van der Waals surface area contributed by atoms with Gasteiger partial charge in [0.1, 0.15) is 5.82 Å². The van der Waals surface area contributed by atoms with Crippen molar-refractivity contribution < 1.29 is 4.42 Å². The number of aromatic amines is 1. The number of nitrogens with zero attached hydrogens (tertiary/aromatic N) is 3. The van der Waals surface area contributed by atoms with Crippen LogP contribution in [0.2, 0.25) is 0 Å². The fourth-order valence-corrected chi connectivity index (χ4v) is 3.20. The fraction of sp³-hybridized carbons (Fsp3) is 0.0435. The van der Waals surface area contributed by atoms with Crippen molar-refractivity contribution in [3.05, 3.63) is 89.3 Å². The summed E-state index contributed by atoms with van der Waals surface area (Å²) < 4.78 is 5.04. The number of aryl methyl sites for hydroxylation is 1. The first-order valence-corrected chi connectivity index (χ1v) is 9.65. The highest BCUT2D eigenvalue weighted by Gasteiger charge is 2.08. The van der Waals surface area contributed by atoms with E-state index in [4.69, 9.17) is 4.42 Å². The van der Waals surface area contributed by atoms with Gasteiger partial charge in [-0.3, -0.25) is 9.97 Å². The number of pyridine rings is 1. The monoisotopic (exact) mass is 410 g/mol. The van der Waals surface area contributed by atoms with Crippen molar-refractivity contribution in [1.29, 1.82) is 0 Å². The Morgan fingerprint density at radius 1 is 0.935 bits per heavy atom. The van der Waals surface area contributed by atoms with Crippen LogP contribution in [0.15, 0.2) is 82.4 Å². The van der Waals surface area contributed by atoms with E-state index in [1.165, 1.54) is 0 Å². The number of oxazole rings is 1. The van der Waals surface area contributed by atoms with Crippen LogP contribution in [-0.2, 0) is 0 Å². The van der Waals surface area contributed by atoms with E-state index in [0.717, 1.165) is 28.1 Å². The summed E-state index contributed by atoms with van der Waals surface area (Å²) in [4.78, 5) is 27.1. The van der Waals surface area contributed by atoms with Gasteiger partial charge in [0.2, 0.25) is 5.95 Å². The van der Waals surface area contributed by atoms with Crippen molar-refractivity contribution in [2.75, 3.05) is 10.6 Å². The second-order valence-corrected chi connectivity index (χ2v) is 7.02. The van der Waals surface area contributed by atoms with E-state index in [1.807, 2.05) is 55.6 Å². The highest BCUT2D eigenvalue weighted by atomic mass is 16.4. The maximum Gasteiger partial charge on any atom is 0.417 e. The van der Waals surface area contributed by atoms with Gasteiger partial charge in [-0.25, -0.2) is 9.78 Å². The molecule has 0 fully saturated rings. The second kappa shape index (κ2) is 7.75. The molecule has 2 aromatic carbocycles. The van der Waals surface area contributed by atoms with E-state index in [0.29, 0.717) is 22.9 Å². The van der Waals surface area contributed by atoms with Crippen molar-refractivity contribution >= 4 is 34.2 Å². The highest BCUT2D eigenvalue weighted by Crippen LogP contribution is 2.24. The Morgan fingerprint density at radius 2 is 1.77 bits per heavy atom. The molecule has 0 aliphatic rings. The molecule has 0 aliphatic heterocycles. The molecule has 5 aromatic rings. The lowest BCUT2D eigenvalue weighted by molar-refractivity contribution is 0.555. The average Bonchev–Trinajstić information content (AvgIpc) is 3.16. The Morgan fingerprint density at radius 3 is 2.58 bits per heavy atom. The van der Waals surface area contributed by atoms with Crippen molar-refractivity contribution in [3.63, 3.8) is 0 Å². The van der Waals surface area contributed by atoms with Crippen LogP contribution in [0.3, 0.4) is 0 Å². The van der Waals surface area contributed by atoms with E-state index in [1.54, 1.807) is 24.5 Å². The topological polar surface area (TPSA) is 109 Å². The van der Waals surface area contributed by atoms with Gasteiger partial charge in [-0.2, -0.15) is 4.98 Å². The molecule has 0 spiro atoms. The zero-order valence-electron chi connectivity index (χ0n) is 16.6. The molecule has 0 unspecified atom stereocenters. The molecule has 3 aromatic heterocycles. The largest absolute Gasteiger partial charge is 0.417 e. The Bertz CT molecular complexity index is 1410. The minimum absolute atomic E-state index is 0.472. The van der Waals surface area contributed by atoms with Gasteiger partial charge in [0.25, 0.3) is 0 Å². The Kier molecular flexibility index (Phi) is 4.64. The maximum absolute atomic E-state index is 11.4. The van der Waals surface area contributed by atoms with Crippen molar-refractivity contribution in [2.24, 2.45) is 0 Å². The summed E-state index contributed by atoms with van der Waals surface area (Å²) in [6, 6.07) is 17.3. The zero-order chi connectivity index (χ0) is 21.2. The number of fused-ring (bicyclic) bond motifs is 1. The lowest BCUT2D eigenvalue weighted by Gasteiger charge is -2.11. The van der Waals surface area contributed by atoms with Gasteiger partial charge in [-0.15, -0.1) is 0 Å². The molecule has 8 heteroatoms. The van der Waals surface area contributed by atoms with Crippen molar-refractivity contribution in [2.45, 2.75) is 6.92 Å². The van der Waals surface area contributed by atoms with Crippen LogP contribution < -0.4 is 16.4 Å². The lowest BCUT2D eigenvalue weighted by atomic mass is 10.1. The van der Waals surface area contributed by atoms with Gasteiger partial charge < -0.3 is 15.1 Å². The van der Waals surface area contributed by atoms with Crippen molar-refractivity contribution in [1.82, 2.24) is 19.9 Å². The number of hydrogen-bond donors (Lipinski definition) is 3. The van der Waals surface area contributed by atoms with Gasteiger partial charge in [0.05, 0.1) is 5.52 Å². The first-order chi connectivity index (χ1) is 15.1. The van der Waals surface area contributed by atoms with E-state index in [-0.39, 0.29) is 0 Å². The molecule has 3 heterocycles. The number of hydrogen-bond acceptors (Lipinski definition) is 7. The minimum Gasteiger partial charge on any atom is -0.408 e. The van der Waals surface area contributed by atoms with Gasteiger partial charge >= 0.3 is 5.76 Å². The molecule has 152 valence electrons. The third-order valence-electron chi connectivity index (χ3n) is 4.79. The number of H-pyrrole nitrogens is 1. The predicted octanol–water partition coefficient (Wildman–Crippen LogP) is 4.77. The SMILES string of the molecule is Cc1cnc(Nc2ccc(-c3cccnc3)cc2)nc1Nc1ccc2oc(=O)[nH]c2c1. The van der Waals surface area contributed by atoms with Gasteiger partial charge in [-0.1, -0.05) is 18.2 Å². The van der Waals surface area contributed by atoms with Gasteiger partial charge in [0, 0.05) is 35.5 Å². The standard InChI is InChI=1S/C23H18N6O2/c1-14-12-25-22(27-17-6-4-15(5-7-17)16-3-2-10-24-13-16)29-21(14)26-18-8-9-20-19(11-18)28-23(30)31-20/h2-13H,1H3,(H,28,30)(H2,25,26,27,29). The predicted molar refractivity (Wildman–Crippen MR) is 120 cm³/mol. The summed E-state index contributed by atoms with van der Waals surface area (Å²) in [7, 11) is 0. The Labute approximate surface area is 177 Å².